The Labute approximate surface area is 102 Å². The number of rotatable bonds is 1. The number of halogens is 1. The van der Waals surface area contributed by atoms with E-state index >= 15 is 0 Å². The molecule has 16 heavy (non-hydrogen) atoms. The van der Waals surface area contributed by atoms with Gasteiger partial charge in [-0.15, -0.1) is 0 Å². The lowest BCUT2D eigenvalue weighted by Crippen LogP contribution is -1.77. The summed E-state index contributed by atoms with van der Waals surface area (Å²) in [6, 6.07) is 16.8. The molecule has 3 aromatic rings. The minimum absolute atomic E-state index is 1.11. The minimum Gasteiger partial charge on any atom is -0.323 e. The van der Waals surface area contributed by atoms with Crippen molar-refractivity contribution in [3.8, 4) is 11.1 Å². The van der Waals surface area contributed by atoms with Crippen LogP contribution >= 0.6 is 15.9 Å². The number of aromatic nitrogens is 1. The maximum absolute atomic E-state index is 3.50. The van der Waals surface area contributed by atoms with Crippen molar-refractivity contribution in [3.05, 3.63) is 65.4 Å². The van der Waals surface area contributed by atoms with Crippen molar-refractivity contribution in [2.24, 2.45) is 0 Å². The molecule has 0 unspecified atom stereocenters. The average molecular weight is 272 g/mol. The number of fused-ring (bicyclic) bond motifs is 1. The third kappa shape index (κ3) is 1.65. The zero-order valence-corrected chi connectivity index (χ0v) is 10.2. The van der Waals surface area contributed by atoms with Crippen LogP contribution in [0.1, 0.15) is 0 Å². The van der Waals surface area contributed by atoms with E-state index in [1.165, 1.54) is 16.6 Å². The number of nitrogens with zero attached hydrogens (tertiary/aromatic N) is 1. The van der Waals surface area contributed by atoms with Gasteiger partial charge in [0.05, 0.1) is 0 Å². The van der Waals surface area contributed by atoms with Gasteiger partial charge in [0.15, 0.2) is 0 Å². The van der Waals surface area contributed by atoms with E-state index in [9.17, 15) is 0 Å². The Bertz CT molecular complexity index is 607. The molecule has 0 saturated carbocycles. The minimum atomic E-state index is 1.11. The van der Waals surface area contributed by atoms with Crippen LogP contribution < -0.4 is 0 Å². The number of hydrogen-bond acceptors (Lipinski definition) is 0. The van der Waals surface area contributed by atoms with Crippen LogP contribution in [0.5, 0.6) is 0 Å². The molecule has 2 heteroatoms. The van der Waals surface area contributed by atoms with Crippen LogP contribution in [0.2, 0.25) is 0 Å². The highest BCUT2D eigenvalue weighted by Gasteiger charge is 2.01. The molecule has 0 aliphatic carbocycles. The zero-order valence-electron chi connectivity index (χ0n) is 8.60. The lowest BCUT2D eigenvalue weighted by molar-refractivity contribution is 1.20. The first-order valence-corrected chi connectivity index (χ1v) is 5.95. The highest BCUT2D eigenvalue weighted by molar-refractivity contribution is 9.10. The Morgan fingerprint density at radius 3 is 2.62 bits per heavy atom. The number of benzene rings is 1. The molecule has 0 fully saturated rings. The van der Waals surface area contributed by atoms with Crippen LogP contribution in [0.3, 0.4) is 0 Å². The second-order valence-electron chi connectivity index (χ2n) is 3.77. The largest absolute Gasteiger partial charge is 0.323 e. The Balaban J connectivity index is 2.19. The molecule has 0 amide bonds. The summed E-state index contributed by atoms with van der Waals surface area (Å²) in [5, 5.41) is 0. The van der Waals surface area contributed by atoms with Gasteiger partial charge in [-0.3, -0.25) is 0 Å². The van der Waals surface area contributed by atoms with E-state index in [1.54, 1.807) is 0 Å². The van der Waals surface area contributed by atoms with Crippen LogP contribution in [-0.2, 0) is 0 Å². The van der Waals surface area contributed by atoms with E-state index in [-0.39, 0.29) is 0 Å². The molecule has 1 aromatic carbocycles. The first-order chi connectivity index (χ1) is 7.83. The van der Waals surface area contributed by atoms with Crippen LogP contribution in [0.25, 0.3) is 16.6 Å². The Morgan fingerprint density at radius 1 is 0.875 bits per heavy atom. The molecular formula is C14H10BrN. The Kier molecular flexibility index (Phi) is 2.29. The first-order valence-electron chi connectivity index (χ1n) is 5.16. The molecule has 2 heterocycles. The zero-order chi connectivity index (χ0) is 11.0. The molecule has 0 saturated heterocycles. The molecule has 0 aliphatic rings. The molecule has 3 rings (SSSR count). The fourth-order valence-corrected chi connectivity index (χ4v) is 2.28. The van der Waals surface area contributed by atoms with E-state index in [2.05, 4.69) is 69.1 Å². The standard InChI is InChI=1S/C14H10BrN/c15-13-5-3-4-11(8-13)12-9-14-6-1-2-7-16(14)10-12/h1-10H. The second-order valence-corrected chi connectivity index (χ2v) is 4.69. The van der Waals surface area contributed by atoms with Gasteiger partial charge in [-0.2, -0.15) is 0 Å². The fourth-order valence-electron chi connectivity index (χ4n) is 1.88. The van der Waals surface area contributed by atoms with Gasteiger partial charge in [0.25, 0.3) is 0 Å². The van der Waals surface area contributed by atoms with Crippen molar-refractivity contribution < 1.29 is 0 Å². The maximum Gasteiger partial charge on any atom is 0.0456 e. The summed E-state index contributed by atoms with van der Waals surface area (Å²) in [6.07, 6.45) is 4.22. The van der Waals surface area contributed by atoms with Gasteiger partial charge in [0.2, 0.25) is 0 Å². The van der Waals surface area contributed by atoms with Crippen molar-refractivity contribution in [3.63, 3.8) is 0 Å². The summed E-state index contributed by atoms with van der Waals surface area (Å²) in [7, 11) is 0. The van der Waals surface area contributed by atoms with E-state index in [0.29, 0.717) is 0 Å². The number of hydrogen-bond donors (Lipinski definition) is 0. The topological polar surface area (TPSA) is 4.41 Å². The van der Waals surface area contributed by atoms with Crippen molar-refractivity contribution in [2.45, 2.75) is 0 Å². The molecular weight excluding hydrogens is 262 g/mol. The van der Waals surface area contributed by atoms with Crippen LogP contribution in [0.4, 0.5) is 0 Å². The summed E-state index contributed by atoms with van der Waals surface area (Å²) < 4.78 is 3.25. The predicted octanol–water partition coefficient (Wildman–Crippen LogP) is 4.37. The molecule has 0 radical (unpaired) electrons. The summed E-state index contributed by atoms with van der Waals surface area (Å²) >= 11 is 3.50. The van der Waals surface area contributed by atoms with E-state index in [1.807, 2.05) is 12.1 Å². The monoisotopic (exact) mass is 271 g/mol. The third-order valence-corrected chi connectivity index (χ3v) is 3.16. The molecule has 0 N–H and O–H groups in total. The molecule has 78 valence electrons. The van der Waals surface area contributed by atoms with E-state index in [0.717, 1.165) is 4.47 Å². The SMILES string of the molecule is Brc1cccc(-c2cc3ccccn3c2)c1. The van der Waals surface area contributed by atoms with Crippen molar-refractivity contribution >= 4 is 21.4 Å². The summed E-state index contributed by atoms with van der Waals surface area (Å²) in [5.74, 6) is 0. The van der Waals surface area contributed by atoms with Crippen molar-refractivity contribution in [1.29, 1.82) is 0 Å². The van der Waals surface area contributed by atoms with Gasteiger partial charge in [0, 0.05) is 27.9 Å². The lowest BCUT2D eigenvalue weighted by atomic mass is 10.1. The molecule has 0 spiro atoms. The fraction of sp³-hybridized carbons (Fsp3) is 0. The van der Waals surface area contributed by atoms with E-state index in [4.69, 9.17) is 0 Å². The number of pyridine rings is 1. The Morgan fingerprint density at radius 2 is 1.81 bits per heavy atom. The van der Waals surface area contributed by atoms with Gasteiger partial charge >= 0.3 is 0 Å². The quantitative estimate of drug-likeness (QED) is 0.619. The van der Waals surface area contributed by atoms with Gasteiger partial charge < -0.3 is 4.40 Å². The molecule has 0 atom stereocenters. The van der Waals surface area contributed by atoms with Crippen LogP contribution in [0, 0.1) is 0 Å². The predicted molar refractivity (Wildman–Crippen MR) is 70.5 cm³/mol. The normalized spacial score (nSPS) is 10.8. The highest BCUT2D eigenvalue weighted by atomic mass is 79.9. The smallest absolute Gasteiger partial charge is 0.0456 e. The van der Waals surface area contributed by atoms with Gasteiger partial charge in [-0.1, -0.05) is 34.1 Å². The molecule has 2 aromatic heterocycles. The summed E-state index contributed by atoms with van der Waals surface area (Å²) in [5.41, 5.74) is 3.70. The molecule has 1 nitrogen and oxygen atoms in total. The van der Waals surface area contributed by atoms with Crippen molar-refractivity contribution in [1.82, 2.24) is 4.40 Å². The highest BCUT2D eigenvalue weighted by Crippen LogP contribution is 2.25. The summed E-state index contributed by atoms with van der Waals surface area (Å²) in [4.78, 5) is 0. The second kappa shape index (κ2) is 3.80. The molecule has 0 aliphatic heterocycles. The van der Waals surface area contributed by atoms with Crippen LogP contribution in [-0.4, -0.2) is 4.40 Å². The van der Waals surface area contributed by atoms with Gasteiger partial charge in [0.1, 0.15) is 0 Å². The Hall–Kier alpha value is -1.54. The van der Waals surface area contributed by atoms with Gasteiger partial charge in [-0.25, -0.2) is 0 Å². The van der Waals surface area contributed by atoms with Crippen molar-refractivity contribution in [2.75, 3.05) is 0 Å². The first kappa shape index (κ1) is 9.67. The summed E-state index contributed by atoms with van der Waals surface area (Å²) in [6.45, 7) is 0. The van der Waals surface area contributed by atoms with Crippen LogP contribution in [0.15, 0.2) is 65.4 Å². The average Bonchev–Trinajstić information content (AvgIpc) is 2.72. The molecule has 0 bridgehead atoms. The lowest BCUT2D eigenvalue weighted by Gasteiger charge is -1.97. The third-order valence-electron chi connectivity index (χ3n) is 2.66. The van der Waals surface area contributed by atoms with E-state index < -0.39 is 0 Å². The van der Waals surface area contributed by atoms with Gasteiger partial charge in [-0.05, 0) is 35.9 Å². The maximum atomic E-state index is 3.50.